The molecule has 0 bridgehead atoms. The van der Waals surface area contributed by atoms with Gasteiger partial charge in [0.2, 0.25) is 0 Å². The molecule has 0 aliphatic carbocycles. The van der Waals surface area contributed by atoms with E-state index in [-0.39, 0.29) is 41.7 Å². The maximum atomic E-state index is 15.3. The summed E-state index contributed by atoms with van der Waals surface area (Å²) < 4.78 is 67.5. The highest BCUT2D eigenvalue weighted by Crippen LogP contribution is 2.52. The predicted octanol–water partition coefficient (Wildman–Crippen LogP) is 4.55. The quantitative estimate of drug-likeness (QED) is 0.474. The van der Waals surface area contributed by atoms with Crippen molar-refractivity contribution >= 4 is 21.4 Å². The van der Waals surface area contributed by atoms with Crippen LogP contribution < -0.4 is 4.74 Å². The topological polar surface area (TPSA) is 78.4 Å². The van der Waals surface area contributed by atoms with Crippen LogP contribution in [0.5, 0.6) is 5.75 Å². The Balaban J connectivity index is 1.52. The van der Waals surface area contributed by atoms with E-state index in [0.717, 1.165) is 17.7 Å². The summed E-state index contributed by atoms with van der Waals surface area (Å²) in [6.07, 6.45) is 4.38. The van der Waals surface area contributed by atoms with Gasteiger partial charge in [0.05, 0.1) is 24.7 Å². The van der Waals surface area contributed by atoms with Crippen molar-refractivity contribution in [1.82, 2.24) is 9.97 Å². The summed E-state index contributed by atoms with van der Waals surface area (Å²) in [4.78, 5) is 7.74. The highest BCUT2D eigenvalue weighted by molar-refractivity contribution is 7.91. The van der Waals surface area contributed by atoms with Crippen LogP contribution in [0.4, 0.5) is 8.78 Å². The number of hydrogen-bond acceptors (Lipinski definition) is 6. The van der Waals surface area contributed by atoms with Gasteiger partial charge in [-0.15, -0.1) is 0 Å². The summed E-state index contributed by atoms with van der Waals surface area (Å²) in [6.45, 7) is 0.353. The molecule has 1 saturated heterocycles. The summed E-state index contributed by atoms with van der Waals surface area (Å²) in [5, 5.41) is 0.466. The molecular formula is C25H23ClF2N2O4S. The molecule has 35 heavy (non-hydrogen) atoms. The number of benzene rings is 2. The Kier molecular flexibility index (Phi) is 6.50. The molecule has 3 aromatic rings. The minimum Gasteiger partial charge on any atom is -0.490 e. The van der Waals surface area contributed by atoms with Crippen molar-refractivity contribution in [3.63, 3.8) is 0 Å². The molecule has 10 heteroatoms. The Labute approximate surface area is 207 Å². The van der Waals surface area contributed by atoms with E-state index < -0.39 is 38.9 Å². The number of halogens is 3. The Morgan fingerprint density at radius 1 is 1.09 bits per heavy atom. The van der Waals surface area contributed by atoms with Crippen molar-refractivity contribution in [3.05, 3.63) is 82.8 Å². The van der Waals surface area contributed by atoms with Gasteiger partial charge in [0.1, 0.15) is 5.82 Å². The number of rotatable bonds is 6. The first-order valence-corrected chi connectivity index (χ1v) is 13.3. The largest absolute Gasteiger partial charge is 0.490 e. The van der Waals surface area contributed by atoms with E-state index in [1.54, 1.807) is 12.1 Å². The zero-order valence-electron chi connectivity index (χ0n) is 18.7. The average molecular weight is 521 g/mol. The number of ether oxygens (including phenoxy) is 2. The molecule has 1 aromatic heterocycles. The normalized spacial score (nSPS) is 23.7. The van der Waals surface area contributed by atoms with Gasteiger partial charge >= 0.3 is 0 Å². The van der Waals surface area contributed by atoms with Gasteiger partial charge in [0, 0.05) is 40.9 Å². The van der Waals surface area contributed by atoms with Crippen molar-refractivity contribution in [3.8, 4) is 5.75 Å². The van der Waals surface area contributed by atoms with E-state index in [4.69, 9.17) is 21.1 Å². The van der Waals surface area contributed by atoms with Crippen LogP contribution in [-0.2, 0) is 26.4 Å². The van der Waals surface area contributed by atoms with Gasteiger partial charge < -0.3 is 9.47 Å². The lowest BCUT2D eigenvalue weighted by molar-refractivity contribution is -0.0963. The van der Waals surface area contributed by atoms with Crippen LogP contribution in [0.3, 0.4) is 0 Å². The monoisotopic (exact) mass is 520 g/mol. The van der Waals surface area contributed by atoms with Crippen LogP contribution in [0, 0.1) is 17.6 Å². The molecule has 0 saturated carbocycles. The van der Waals surface area contributed by atoms with E-state index >= 15 is 4.39 Å². The average Bonchev–Trinajstić information content (AvgIpc) is 2.86. The maximum Gasteiger partial charge on any atom is 0.197 e. The minimum atomic E-state index is -3.70. The summed E-state index contributed by atoms with van der Waals surface area (Å²) in [5.41, 5.74) is 0.254. The fourth-order valence-electron chi connectivity index (χ4n) is 5.32. The van der Waals surface area contributed by atoms with Gasteiger partial charge in [-0.05, 0) is 49.1 Å². The van der Waals surface area contributed by atoms with Gasteiger partial charge in [0.25, 0.3) is 0 Å². The Morgan fingerprint density at radius 3 is 2.60 bits per heavy atom. The first-order valence-electron chi connectivity index (χ1n) is 11.3. The van der Waals surface area contributed by atoms with Crippen molar-refractivity contribution < 1.29 is 26.7 Å². The highest BCUT2D eigenvalue weighted by Gasteiger charge is 2.53. The molecule has 6 nitrogen and oxygen atoms in total. The lowest BCUT2D eigenvalue weighted by atomic mass is 9.60. The number of hydrogen-bond donors (Lipinski definition) is 0. The summed E-state index contributed by atoms with van der Waals surface area (Å²) >= 11 is 6.06. The lowest BCUT2D eigenvalue weighted by Crippen LogP contribution is -2.55. The van der Waals surface area contributed by atoms with E-state index in [1.807, 2.05) is 12.1 Å². The van der Waals surface area contributed by atoms with Gasteiger partial charge in [-0.3, -0.25) is 4.98 Å². The third-order valence-corrected chi connectivity index (χ3v) is 8.84. The number of aromatic nitrogens is 2. The van der Waals surface area contributed by atoms with Gasteiger partial charge in [-0.2, -0.15) is 0 Å². The lowest BCUT2D eigenvalue weighted by Gasteiger charge is -2.51. The standard InChI is InChI=1S/C25H23ClF2N2O4S/c26-17-3-1-16(2-4-17)13-25-8-11-33-21(7-12-35(31,32)22-14-29-9-10-30-22)18(25)15-34-24-20(28)6-5-19(27)23(24)25/h1-6,9-10,14,18,21H,7-8,11-13,15H2/t18-,21-,25-/m0/s1. The van der Waals surface area contributed by atoms with E-state index in [2.05, 4.69) is 9.97 Å². The second-order valence-corrected chi connectivity index (χ2v) is 11.4. The van der Waals surface area contributed by atoms with Gasteiger partial charge in [-0.25, -0.2) is 22.2 Å². The Morgan fingerprint density at radius 2 is 1.86 bits per heavy atom. The Bertz CT molecular complexity index is 1330. The van der Waals surface area contributed by atoms with E-state index in [9.17, 15) is 12.8 Å². The van der Waals surface area contributed by atoms with Crippen LogP contribution in [0.25, 0.3) is 0 Å². The first-order chi connectivity index (χ1) is 16.8. The molecule has 3 atom stereocenters. The van der Waals surface area contributed by atoms with Crippen LogP contribution in [0.15, 0.2) is 60.0 Å². The maximum absolute atomic E-state index is 15.3. The fraction of sp³-hybridized carbons (Fsp3) is 0.360. The SMILES string of the molecule is O=S(=O)(CC[C@@H]1OCC[C@@]2(Cc3ccc(Cl)cc3)c3c(F)ccc(F)c3OC[C@@H]12)c1cnccn1. The fourth-order valence-corrected chi connectivity index (χ4v) is 6.64. The van der Waals surface area contributed by atoms with E-state index in [1.165, 1.54) is 18.6 Å². The van der Waals surface area contributed by atoms with Crippen LogP contribution in [-0.4, -0.2) is 43.5 Å². The van der Waals surface area contributed by atoms with Crippen molar-refractivity contribution in [2.45, 2.75) is 35.8 Å². The third-order valence-electron chi connectivity index (χ3n) is 6.96. The highest BCUT2D eigenvalue weighted by atomic mass is 35.5. The molecule has 1 fully saturated rings. The molecule has 0 radical (unpaired) electrons. The second-order valence-electron chi connectivity index (χ2n) is 8.92. The van der Waals surface area contributed by atoms with Crippen molar-refractivity contribution in [2.75, 3.05) is 19.0 Å². The van der Waals surface area contributed by atoms with Crippen LogP contribution in [0.1, 0.15) is 24.0 Å². The molecule has 0 N–H and O–H groups in total. The summed E-state index contributed by atoms with van der Waals surface area (Å²) in [6, 6.07) is 9.43. The zero-order chi connectivity index (χ0) is 24.6. The van der Waals surface area contributed by atoms with E-state index in [0.29, 0.717) is 17.9 Å². The molecule has 2 aromatic carbocycles. The molecule has 0 unspecified atom stereocenters. The first kappa shape index (κ1) is 24.1. The minimum absolute atomic E-state index is 0.0802. The zero-order valence-corrected chi connectivity index (χ0v) is 20.2. The number of fused-ring (bicyclic) bond motifs is 3. The molecule has 0 amide bonds. The van der Waals surface area contributed by atoms with Crippen LogP contribution >= 0.6 is 11.6 Å². The number of nitrogens with zero attached hydrogens (tertiary/aromatic N) is 2. The molecule has 184 valence electrons. The number of sulfone groups is 1. The smallest absolute Gasteiger partial charge is 0.197 e. The molecular weight excluding hydrogens is 498 g/mol. The molecule has 0 spiro atoms. The molecule has 5 rings (SSSR count). The summed E-state index contributed by atoms with van der Waals surface area (Å²) in [5.74, 6) is -1.87. The molecule has 2 aliphatic heterocycles. The summed E-state index contributed by atoms with van der Waals surface area (Å²) in [7, 11) is -3.70. The second kappa shape index (κ2) is 9.44. The predicted molar refractivity (Wildman–Crippen MR) is 125 cm³/mol. The van der Waals surface area contributed by atoms with Gasteiger partial charge in [-0.1, -0.05) is 23.7 Å². The van der Waals surface area contributed by atoms with Crippen LogP contribution in [0.2, 0.25) is 5.02 Å². The molecule has 3 heterocycles. The Hall–Kier alpha value is -2.62. The third kappa shape index (κ3) is 4.52. The van der Waals surface area contributed by atoms with Crippen molar-refractivity contribution in [2.24, 2.45) is 5.92 Å². The molecule has 2 aliphatic rings. The van der Waals surface area contributed by atoms with Crippen molar-refractivity contribution in [1.29, 1.82) is 0 Å². The van der Waals surface area contributed by atoms with Gasteiger partial charge in [0.15, 0.2) is 26.4 Å².